The summed E-state index contributed by atoms with van der Waals surface area (Å²) in [6.45, 7) is 0. The number of rotatable bonds is 4. The number of ether oxygens (including phenoxy) is 1. The maximum atomic E-state index is 13.3. The summed E-state index contributed by atoms with van der Waals surface area (Å²) in [5, 5.41) is 10.6. The van der Waals surface area contributed by atoms with Crippen molar-refractivity contribution in [3.63, 3.8) is 0 Å². The molecule has 21 heavy (non-hydrogen) atoms. The first kappa shape index (κ1) is 14.4. The second kappa shape index (κ2) is 6.42. The number of carbonyl (C=O) groups excluding carboxylic acids is 1. The van der Waals surface area contributed by atoms with Crippen molar-refractivity contribution in [2.45, 2.75) is 0 Å². The summed E-state index contributed by atoms with van der Waals surface area (Å²) < 4.78 is 18.2. The molecule has 106 valence electrons. The normalized spacial score (nSPS) is 10.5. The third-order valence-corrected chi connectivity index (χ3v) is 2.55. The first-order valence-corrected chi connectivity index (χ1v) is 5.95. The quantitative estimate of drug-likeness (QED) is 0.284. The Morgan fingerprint density at radius 2 is 1.95 bits per heavy atom. The van der Waals surface area contributed by atoms with E-state index in [2.05, 4.69) is 0 Å². The maximum Gasteiger partial charge on any atom is 0.336 e. The monoisotopic (exact) mass is 287 g/mol. The van der Waals surface area contributed by atoms with Crippen LogP contribution in [0.25, 0.3) is 6.08 Å². The summed E-state index contributed by atoms with van der Waals surface area (Å²) in [5.41, 5.74) is 0.0619. The summed E-state index contributed by atoms with van der Waals surface area (Å²) in [7, 11) is 0. The predicted octanol–water partition coefficient (Wildman–Crippen LogP) is 3.35. The fourth-order valence-corrected chi connectivity index (χ4v) is 1.58. The van der Waals surface area contributed by atoms with Gasteiger partial charge in [-0.1, -0.05) is 24.3 Å². The molecule has 0 aliphatic rings. The molecule has 0 saturated carbocycles. The second-order valence-corrected chi connectivity index (χ2v) is 4.03. The molecule has 2 aromatic rings. The van der Waals surface area contributed by atoms with Gasteiger partial charge in [0.2, 0.25) is 0 Å². The van der Waals surface area contributed by atoms with Crippen LogP contribution in [-0.4, -0.2) is 10.9 Å². The van der Waals surface area contributed by atoms with Crippen LogP contribution < -0.4 is 4.74 Å². The minimum atomic E-state index is -0.751. The van der Waals surface area contributed by atoms with Crippen molar-refractivity contribution in [2.75, 3.05) is 0 Å². The molecule has 0 bridgehead atoms. The fraction of sp³-hybridized carbons (Fsp3) is 0. The van der Waals surface area contributed by atoms with Gasteiger partial charge < -0.3 is 4.74 Å². The first-order valence-electron chi connectivity index (χ1n) is 5.95. The summed E-state index contributed by atoms with van der Waals surface area (Å²) in [6.07, 6.45) is 2.33. The lowest BCUT2D eigenvalue weighted by Crippen LogP contribution is -2.04. The number of hydrogen-bond acceptors (Lipinski definition) is 4. The number of carbonyl (C=O) groups is 1. The molecule has 6 heteroatoms. The summed E-state index contributed by atoms with van der Waals surface area (Å²) in [6, 6.07) is 11.2. The van der Waals surface area contributed by atoms with Gasteiger partial charge in [-0.2, -0.15) is 0 Å². The highest BCUT2D eigenvalue weighted by atomic mass is 19.1. The Kier molecular flexibility index (Phi) is 4.40. The number of esters is 1. The highest BCUT2D eigenvalue weighted by Gasteiger charge is 2.08. The van der Waals surface area contributed by atoms with Gasteiger partial charge in [0.25, 0.3) is 5.69 Å². The van der Waals surface area contributed by atoms with Gasteiger partial charge in [0.1, 0.15) is 11.6 Å². The molecule has 0 fully saturated rings. The molecule has 0 amide bonds. The highest BCUT2D eigenvalue weighted by Crippen LogP contribution is 2.19. The van der Waals surface area contributed by atoms with Crippen LogP contribution in [0.4, 0.5) is 10.1 Å². The van der Waals surface area contributed by atoms with Crippen LogP contribution in [0.2, 0.25) is 0 Å². The molecule has 2 aromatic carbocycles. The van der Waals surface area contributed by atoms with Crippen molar-refractivity contribution < 1.29 is 18.8 Å². The van der Waals surface area contributed by atoms with Crippen LogP contribution in [-0.2, 0) is 4.79 Å². The van der Waals surface area contributed by atoms with Gasteiger partial charge in [-0.3, -0.25) is 10.1 Å². The van der Waals surface area contributed by atoms with E-state index in [0.29, 0.717) is 0 Å². The molecule has 0 aliphatic carbocycles. The van der Waals surface area contributed by atoms with Crippen LogP contribution in [0.5, 0.6) is 5.75 Å². The smallest absolute Gasteiger partial charge is 0.336 e. The number of nitro benzene ring substituents is 1. The lowest BCUT2D eigenvalue weighted by molar-refractivity contribution is -0.384. The molecular formula is C15H10FNO4. The Hall–Kier alpha value is -3.02. The van der Waals surface area contributed by atoms with E-state index in [9.17, 15) is 19.3 Å². The molecule has 2 rings (SSSR count). The molecule has 0 radical (unpaired) electrons. The lowest BCUT2D eigenvalue weighted by Gasteiger charge is -2.01. The molecule has 0 N–H and O–H groups in total. The van der Waals surface area contributed by atoms with Crippen molar-refractivity contribution in [3.05, 3.63) is 76.1 Å². The van der Waals surface area contributed by atoms with E-state index in [0.717, 1.165) is 12.1 Å². The third-order valence-electron chi connectivity index (χ3n) is 2.55. The largest absolute Gasteiger partial charge is 0.423 e. The standard InChI is InChI=1S/C15H10FNO4/c16-14-7-2-1-4-11(14)8-9-15(18)21-13-6-3-5-12(10-13)17(19)20/h1-10H/b9-8+. The Labute approximate surface area is 119 Å². The van der Waals surface area contributed by atoms with Crippen molar-refractivity contribution >= 4 is 17.7 Å². The lowest BCUT2D eigenvalue weighted by atomic mass is 10.2. The van der Waals surface area contributed by atoms with Gasteiger partial charge in [0, 0.05) is 17.7 Å². The topological polar surface area (TPSA) is 69.4 Å². The number of nitro groups is 1. The highest BCUT2D eigenvalue weighted by molar-refractivity contribution is 5.88. The number of benzene rings is 2. The van der Waals surface area contributed by atoms with E-state index in [1.54, 1.807) is 6.07 Å². The van der Waals surface area contributed by atoms with Crippen molar-refractivity contribution in [1.82, 2.24) is 0 Å². The number of hydrogen-bond donors (Lipinski definition) is 0. The van der Waals surface area contributed by atoms with E-state index < -0.39 is 16.7 Å². The van der Waals surface area contributed by atoms with Crippen LogP contribution >= 0.6 is 0 Å². The number of nitrogens with zero attached hydrogens (tertiary/aromatic N) is 1. The van der Waals surface area contributed by atoms with Crippen molar-refractivity contribution in [2.24, 2.45) is 0 Å². The summed E-state index contributed by atoms with van der Waals surface area (Å²) in [5.74, 6) is -1.16. The van der Waals surface area contributed by atoms with Crippen LogP contribution in [0.3, 0.4) is 0 Å². The minimum Gasteiger partial charge on any atom is -0.423 e. The maximum absolute atomic E-state index is 13.3. The zero-order valence-electron chi connectivity index (χ0n) is 10.7. The molecular weight excluding hydrogens is 277 g/mol. The van der Waals surface area contributed by atoms with Gasteiger partial charge in [-0.05, 0) is 18.2 Å². The average molecular weight is 287 g/mol. The second-order valence-electron chi connectivity index (χ2n) is 4.03. The van der Waals surface area contributed by atoms with E-state index in [1.165, 1.54) is 42.5 Å². The van der Waals surface area contributed by atoms with Crippen molar-refractivity contribution in [3.8, 4) is 5.75 Å². The predicted molar refractivity (Wildman–Crippen MR) is 74.2 cm³/mol. The molecule has 5 nitrogen and oxygen atoms in total. The zero-order chi connectivity index (χ0) is 15.2. The first-order chi connectivity index (χ1) is 10.1. The molecule has 0 unspecified atom stereocenters. The number of non-ortho nitro benzene ring substituents is 1. The van der Waals surface area contributed by atoms with E-state index in [-0.39, 0.29) is 17.0 Å². The Balaban J connectivity index is 2.07. The average Bonchev–Trinajstić information content (AvgIpc) is 2.46. The molecule has 0 aliphatic heterocycles. The third kappa shape index (κ3) is 3.97. The molecule has 0 aromatic heterocycles. The molecule has 0 spiro atoms. The SMILES string of the molecule is O=C(/C=C/c1ccccc1F)Oc1cccc([N+](=O)[O-])c1. The summed E-state index contributed by atoms with van der Waals surface area (Å²) in [4.78, 5) is 21.6. The summed E-state index contributed by atoms with van der Waals surface area (Å²) >= 11 is 0. The molecule has 0 atom stereocenters. The van der Waals surface area contributed by atoms with E-state index in [4.69, 9.17) is 4.74 Å². The fourth-order valence-electron chi connectivity index (χ4n) is 1.58. The molecule has 0 heterocycles. The van der Waals surface area contributed by atoms with Gasteiger partial charge >= 0.3 is 5.97 Å². The molecule has 0 saturated heterocycles. The minimum absolute atomic E-state index is 0.0485. The van der Waals surface area contributed by atoms with Gasteiger partial charge in [0.05, 0.1) is 11.0 Å². The van der Waals surface area contributed by atoms with Crippen LogP contribution in [0.15, 0.2) is 54.6 Å². The van der Waals surface area contributed by atoms with E-state index >= 15 is 0 Å². The van der Waals surface area contributed by atoms with Crippen LogP contribution in [0.1, 0.15) is 5.56 Å². The number of halogens is 1. The Bertz CT molecular complexity index is 712. The van der Waals surface area contributed by atoms with Gasteiger partial charge in [-0.25, -0.2) is 9.18 Å². The van der Waals surface area contributed by atoms with Gasteiger partial charge in [-0.15, -0.1) is 0 Å². The van der Waals surface area contributed by atoms with Crippen molar-refractivity contribution in [1.29, 1.82) is 0 Å². The van der Waals surface area contributed by atoms with Crippen LogP contribution in [0, 0.1) is 15.9 Å². The van der Waals surface area contributed by atoms with Gasteiger partial charge in [0.15, 0.2) is 0 Å². The van der Waals surface area contributed by atoms with E-state index in [1.807, 2.05) is 0 Å². The Morgan fingerprint density at radius 3 is 2.67 bits per heavy atom. The Morgan fingerprint density at radius 1 is 1.19 bits per heavy atom. The zero-order valence-corrected chi connectivity index (χ0v) is 10.7.